The Morgan fingerprint density at radius 1 is 1.16 bits per heavy atom. The number of rotatable bonds is 6. The Morgan fingerprint density at radius 3 is 2.42 bits per heavy atom. The van der Waals surface area contributed by atoms with Crippen molar-refractivity contribution in [1.82, 2.24) is 5.32 Å². The zero-order valence-electron chi connectivity index (χ0n) is 12.4. The van der Waals surface area contributed by atoms with Crippen LogP contribution in [0.3, 0.4) is 0 Å². The summed E-state index contributed by atoms with van der Waals surface area (Å²) >= 11 is 0. The van der Waals surface area contributed by atoms with Gasteiger partial charge < -0.3 is 14.8 Å². The molecule has 0 atom stereocenters. The molecule has 1 aromatic carbocycles. The van der Waals surface area contributed by atoms with E-state index in [4.69, 9.17) is 9.47 Å². The van der Waals surface area contributed by atoms with Crippen LogP contribution in [0.25, 0.3) is 0 Å². The van der Waals surface area contributed by atoms with E-state index in [-0.39, 0.29) is 0 Å². The normalized spacial score (nSPS) is 22.2. The molecule has 1 aliphatic carbocycles. The summed E-state index contributed by atoms with van der Waals surface area (Å²) in [5.41, 5.74) is 1.24. The van der Waals surface area contributed by atoms with Crippen LogP contribution in [-0.2, 0) is 6.54 Å². The third-order valence-electron chi connectivity index (χ3n) is 4.16. The molecule has 2 rings (SSSR count). The third kappa shape index (κ3) is 3.41. The van der Waals surface area contributed by atoms with Crippen LogP contribution in [0.4, 0.5) is 0 Å². The van der Waals surface area contributed by atoms with Crippen LogP contribution in [-0.4, -0.2) is 20.3 Å². The molecule has 1 N–H and O–H groups in total. The molecule has 19 heavy (non-hydrogen) atoms. The molecule has 1 aliphatic rings. The molecule has 1 fully saturated rings. The summed E-state index contributed by atoms with van der Waals surface area (Å²) in [7, 11) is 3.34. The van der Waals surface area contributed by atoms with Gasteiger partial charge in [-0.05, 0) is 42.4 Å². The number of hydrogen-bond donors (Lipinski definition) is 1. The van der Waals surface area contributed by atoms with Gasteiger partial charge in [0.25, 0.3) is 0 Å². The fourth-order valence-electron chi connectivity index (χ4n) is 2.63. The highest BCUT2D eigenvalue weighted by molar-refractivity contribution is 5.42. The van der Waals surface area contributed by atoms with Gasteiger partial charge in [0.2, 0.25) is 0 Å². The van der Waals surface area contributed by atoms with Gasteiger partial charge in [-0.3, -0.25) is 0 Å². The maximum atomic E-state index is 5.32. The zero-order valence-corrected chi connectivity index (χ0v) is 12.4. The van der Waals surface area contributed by atoms with Crippen molar-refractivity contribution in [3.8, 4) is 11.5 Å². The monoisotopic (exact) mass is 263 g/mol. The van der Waals surface area contributed by atoms with Crippen LogP contribution in [0.5, 0.6) is 11.5 Å². The van der Waals surface area contributed by atoms with E-state index in [1.165, 1.54) is 18.4 Å². The van der Waals surface area contributed by atoms with E-state index in [0.717, 1.165) is 29.9 Å². The standard InChI is InChI=1S/C16H25NO2/c1-11(2)13-8-14(9-13)17-10-12-5-6-15(18-3)16(7-12)19-4/h5-7,11,13-14,17H,8-10H2,1-4H3. The Labute approximate surface area is 116 Å². The molecule has 3 heteroatoms. The lowest BCUT2D eigenvalue weighted by Crippen LogP contribution is -2.42. The van der Waals surface area contributed by atoms with E-state index in [9.17, 15) is 0 Å². The molecule has 0 aliphatic heterocycles. The minimum Gasteiger partial charge on any atom is -0.493 e. The summed E-state index contributed by atoms with van der Waals surface area (Å²) < 4.78 is 10.6. The molecule has 0 spiro atoms. The Balaban J connectivity index is 1.84. The Kier molecular flexibility index (Phi) is 4.70. The molecule has 0 bridgehead atoms. The van der Waals surface area contributed by atoms with Crippen molar-refractivity contribution >= 4 is 0 Å². The van der Waals surface area contributed by atoms with Crippen molar-refractivity contribution in [2.45, 2.75) is 39.3 Å². The molecule has 0 saturated heterocycles. The molecule has 3 nitrogen and oxygen atoms in total. The van der Waals surface area contributed by atoms with Crippen molar-refractivity contribution < 1.29 is 9.47 Å². The molecular weight excluding hydrogens is 238 g/mol. The molecular formula is C16H25NO2. The van der Waals surface area contributed by atoms with Gasteiger partial charge in [0.1, 0.15) is 0 Å². The predicted octanol–water partition coefficient (Wildman–Crippen LogP) is 3.23. The number of nitrogens with one attached hydrogen (secondary N) is 1. The van der Waals surface area contributed by atoms with Gasteiger partial charge in [0.05, 0.1) is 14.2 Å². The second kappa shape index (κ2) is 6.29. The van der Waals surface area contributed by atoms with Crippen molar-refractivity contribution in [1.29, 1.82) is 0 Å². The number of methoxy groups -OCH3 is 2. The maximum Gasteiger partial charge on any atom is 0.161 e. The first-order chi connectivity index (χ1) is 9.13. The van der Waals surface area contributed by atoms with Gasteiger partial charge in [-0.1, -0.05) is 19.9 Å². The predicted molar refractivity (Wildman–Crippen MR) is 77.7 cm³/mol. The molecule has 0 amide bonds. The average molecular weight is 263 g/mol. The van der Waals surface area contributed by atoms with E-state index >= 15 is 0 Å². The number of benzene rings is 1. The Bertz CT molecular complexity index is 411. The van der Waals surface area contributed by atoms with Crippen LogP contribution >= 0.6 is 0 Å². The second-order valence-corrected chi connectivity index (χ2v) is 5.74. The highest BCUT2D eigenvalue weighted by Crippen LogP contribution is 2.34. The fourth-order valence-corrected chi connectivity index (χ4v) is 2.63. The minimum absolute atomic E-state index is 0.681. The topological polar surface area (TPSA) is 30.5 Å². The average Bonchev–Trinajstić information content (AvgIpc) is 2.36. The van der Waals surface area contributed by atoms with Gasteiger partial charge in [0, 0.05) is 12.6 Å². The van der Waals surface area contributed by atoms with Crippen molar-refractivity contribution in [2.75, 3.05) is 14.2 Å². The first-order valence-corrected chi connectivity index (χ1v) is 7.08. The largest absolute Gasteiger partial charge is 0.493 e. The van der Waals surface area contributed by atoms with Crippen LogP contribution in [0.1, 0.15) is 32.3 Å². The summed E-state index contributed by atoms with van der Waals surface area (Å²) in [5, 5.41) is 3.61. The molecule has 0 unspecified atom stereocenters. The minimum atomic E-state index is 0.681. The zero-order chi connectivity index (χ0) is 13.8. The highest BCUT2D eigenvalue weighted by Gasteiger charge is 2.30. The van der Waals surface area contributed by atoms with E-state index in [0.29, 0.717) is 6.04 Å². The van der Waals surface area contributed by atoms with Crippen molar-refractivity contribution in [2.24, 2.45) is 11.8 Å². The lowest BCUT2D eigenvalue weighted by atomic mass is 9.73. The third-order valence-corrected chi connectivity index (χ3v) is 4.16. The first-order valence-electron chi connectivity index (χ1n) is 7.08. The number of hydrogen-bond acceptors (Lipinski definition) is 3. The molecule has 1 saturated carbocycles. The molecule has 0 heterocycles. The second-order valence-electron chi connectivity index (χ2n) is 5.74. The molecule has 1 aromatic rings. The smallest absolute Gasteiger partial charge is 0.161 e. The SMILES string of the molecule is COc1ccc(CNC2CC(C(C)C)C2)cc1OC. The van der Waals surface area contributed by atoms with E-state index in [1.807, 2.05) is 12.1 Å². The quantitative estimate of drug-likeness (QED) is 0.854. The summed E-state index contributed by atoms with van der Waals surface area (Å²) in [4.78, 5) is 0. The van der Waals surface area contributed by atoms with Gasteiger partial charge >= 0.3 is 0 Å². The van der Waals surface area contributed by atoms with Crippen molar-refractivity contribution in [3.63, 3.8) is 0 Å². The van der Waals surface area contributed by atoms with Gasteiger partial charge in [-0.25, -0.2) is 0 Å². The van der Waals surface area contributed by atoms with E-state index in [1.54, 1.807) is 14.2 Å². The van der Waals surface area contributed by atoms with Gasteiger partial charge in [-0.15, -0.1) is 0 Å². The van der Waals surface area contributed by atoms with E-state index < -0.39 is 0 Å². The van der Waals surface area contributed by atoms with Crippen LogP contribution in [0.15, 0.2) is 18.2 Å². The maximum absolute atomic E-state index is 5.32. The molecule has 0 aromatic heterocycles. The Morgan fingerprint density at radius 2 is 1.84 bits per heavy atom. The van der Waals surface area contributed by atoms with Crippen LogP contribution < -0.4 is 14.8 Å². The first kappa shape index (κ1) is 14.2. The lowest BCUT2D eigenvalue weighted by Gasteiger charge is -2.38. The van der Waals surface area contributed by atoms with Crippen molar-refractivity contribution in [3.05, 3.63) is 23.8 Å². The van der Waals surface area contributed by atoms with E-state index in [2.05, 4.69) is 25.2 Å². The van der Waals surface area contributed by atoms with Gasteiger partial charge in [0.15, 0.2) is 11.5 Å². The number of ether oxygens (including phenoxy) is 2. The molecule has 106 valence electrons. The summed E-state index contributed by atoms with van der Waals surface area (Å²) in [6.07, 6.45) is 2.62. The highest BCUT2D eigenvalue weighted by atomic mass is 16.5. The fraction of sp³-hybridized carbons (Fsp3) is 0.625. The van der Waals surface area contributed by atoms with Crippen LogP contribution in [0.2, 0.25) is 0 Å². The molecule has 0 radical (unpaired) electrons. The summed E-state index contributed by atoms with van der Waals surface area (Å²) in [5.74, 6) is 3.31. The lowest BCUT2D eigenvalue weighted by molar-refractivity contribution is 0.167. The summed E-state index contributed by atoms with van der Waals surface area (Å²) in [6.45, 7) is 5.53. The van der Waals surface area contributed by atoms with Gasteiger partial charge in [-0.2, -0.15) is 0 Å². The van der Waals surface area contributed by atoms with Crippen LogP contribution in [0, 0.1) is 11.8 Å². The Hall–Kier alpha value is -1.22. The summed E-state index contributed by atoms with van der Waals surface area (Å²) in [6, 6.07) is 6.78.